The van der Waals surface area contributed by atoms with Gasteiger partial charge < -0.3 is 4.90 Å². The Labute approximate surface area is 155 Å². The van der Waals surface area contributed by atoms with Gasteiger partial charge >= 0.3 is 0 Å². The van der Waals surface area contributed by atoms with Gasteiger partial charge in [0.2, 0.25) is 5.91 Å². The third-order valence-electron chi connectivity index (χ3n) is 5.79. The number of hydrogen-bond donors (Lipinski definition) is 0. The molecule has 4 nitrogen and oxygen atoms in total. The van der Waals surface area contributed by atoms with Gasteiger partial charge in [0.1, 0.15) is 0 Å². The highest BCUT2D eigenvalue weighted by molar-refractivity contribution is 8.00. The maximum Gasteiger partial charge on any atom is 0.241 e. The molecular formula is C20H29N3OS. The van der Waals surface area contributed by atoms with Gasteiger partial charge in [0.05, 0.1) is 12.2 Å². The molecule has 2 atom stereocenters. The molecule has 3 aliphatic rings. The van der Waals surface area contributed by atoms with Crippen LogP contribution in [0.2, 0.25) is 0 Å². The van der Waals surface area contributed by atoms with Crippen molar-refractivity contribution in [3.63, 3.8) is 0 Å². The van der Waals surface area contributed by atoms with Crippen LogP contribution in [0.3, 0.4) is 0 Å². The van der Waals surface area contributed by atoms with Crippen molar-refractivity contribution < 1.29 is 4.79 Å². The van der Waals surface area contributed by atoms with Crippen molar-refractivity contribution in [1.29, 1.82) is 0 Å². The van der Waals surface area contributed by atoms with Gasteiger partial charge in [0.15, 0.2) is 0 Å². The molecule has 136 valence electrons. The minimum atomic E-state index is 0.272. The molecule has 0 aromatic heterocycles. The molecule has 0 N–H and O–H groups in total. The standard InChI is InChI=1S/C20H29N3OS/c1-16-9-13-23(18-7-2-3-8-19(18)25-16)20(24)15-21-10-5-12-22-11-4-6-17(22)14-21/h2-3,7-8,16-17H,4-6,9-15H2,1H3/t16-,17-/m0/s1. The number of carbonyl (C=O) groups is 1. The SMILES string of the molecule is C[C@H]1CCN(C(=O)CN2CCCN3CCC[C@H]3C2)c2ccccc2S1. The summed E-state index contributed by atoms with van der Waals surface area (Å²) in [5.74, 6) is 0.272. The first-order valence-electron chi connectivity index (χ1n) is 9.73. The lowest BCUT2D eigenvalue weighted by Gasteiger charge is -2.28. The average molecular weight is 360 g/mol. The number of amides is 1. The molecule has 3 aliphatic heterocycles. The second-order valence-corrected chi connectivity index (χ2v) is 9.13. The lowest BCUT2D eigenvalue weighted by atomic mass is 10.2. The van der Waals surface area contributed by atoms with Crippen molar-refractivity contribution in [3.8, 4) is 0 Å². The van der Waals surface area contributed by atoms with Crippen molar-refractivity contribution in [2.45, 2.75) is 48.8 Å². The van der Waals surface area contributed by atoms with E-state index in [1.54, 1.807) is 0 Å². The maximum absolute atomic E-state index is 13.2. The third kappa shape index (κ3) is 3.88. The van der Waals surface area contributed by atoms with E-state index in [9.17, 15) is 4.79 Å². The Morgan fingerprint density at radius 2 is 1.96 bits per heavy atom. The molecular weight excluding hydrogens is 330 g/mol. The summed E-state index contributed by atoms with van der Waals surface area (Å²) in [6.07, 6.45) is 4.86. The molecule has 2 fully saturated rings. The Morgan fingerprint density at radius 1 is 1.12 bits per heavy atom. The highest BCUT2D eigenvalue weighted by Crippen LogP contribution is 2.37. The Kier molecular flexibility index (Phi) is 5.34. The molecule has 0 saturated carbocycles. The number of benzene rings is 1. The number of hydrogen-bond acceptors (Lipinski definition) is 4. The van der Waals surface area contributed by atoms with E-state index in [0.717, 1.165) is 31.7 Å². The lowest BCUT2D eigenvalue weighted by molar-refractivity contribution is -0.119. The van der Waals surface area contributed by atoms with E-state index in [1.807, 2.05) is 16.7 Å². The molecule has 0 aliphatic carbocycles. The third-order valence-corrected chi connectivity index (χ3v) is 7.03. The summed E-state index contributed by atoms with van der Waals surface area (Å²) < 4.78 is 0. The number of fused-ring (bicyclic) bond motifs is 2. The van der Waals surface area contributed by atoms with E-state index in [2.05, 4.69) is 41.0 Å². The van der Waals surface area contributed by atoms with Crippen molar-refractivity contribution in [1.82, 2.24) is 9.80 Å². The summed E-state index contributed by atoms with van der Waals surface area (Å²) in [5, 5.41) is 0.559. The highest BCUT2D eigenvalue weighted by Gasteiger charge is 2.31. The molecule has 1 amide bonds. The van der Waals surface area contributed by atoms with Gasteiger partial charge in [-0.25, -0.2) is 0 Å². The molecule has 0 radical (unpaired) electrons. The number of thioether (sulfide) groups is 1. The van der Waals surface area contributed by atoms with Gasteiger partial charge in [-0.05, 0) is 57.5 Å². The first-order valence-corrected chi connectivity index (χ1v) is 10.6. The van der Waals surface area contributed by atoms with Crippen molar-refractivity contribution in [2.24, 2.45) is 0 Å². The van der Waals surface area contributed by atoms with Gasteiger partial charge in [0.25, 0.3) is 0 Å². The van der Waals surface area contributed by atoms with Gasteiger partial charge in [0, 0.05) is 29.3 Å². The van der Waals surface area contributed by atoms with Crippen molar-refractivity contribution in [2.75, 3.05) is 44.2 Å². The van der Waals surface area contributed by atoms with Gasteiger partial charge in [-0.15, -0.1) is 11.8 Å². The minimum absolute atomic E-state index is 0.272. The number of para-hydroxylation sites is 1. The zero-order valence-electron chi connectivity index (χ0n) is 15.2. The smallest absolute Gasteiger partial charge is 0.241 e. The monoisotopic (exact) mass is 359 g/mol. The fraction of sp³-hybridized carbons (Fsp3) is 0.650. The fourth-order valence-corrected chi connectivity index (χ4v) is 5.56. The van der Waals surface area contributed by atoms with Crippen LogP contribution in [-0.2, 0) is 4.79 Å². The Morgan fingerprint density at radius 3 is 2.88 bits per heavy atom. The van der Waals surface area contributed by atoms with Crippen LogP contribution in [0.25, 0.3) is 0 Å². The Hall–Kier alpha value is -1.04. The summed E-state index contributed by atoms with van der Waals surface area (Å²) in [5.41, 5.74) is 1.11. The number of anilines is 1. The molecule has 0 bridgehead atoms. The predicted octanol–water partition coefficient (Wildman–Crippen LogP) is 3.07. The first-order chi connectivity index (χ1) is 12.2. The second-order valence-electron chi connectivity index (χ2n) is 7.65. The normalized spacial score (nSPS) is 28.1. The fourth-order valence-electron chi connectivity index (χ4n) is 4.45. The minimum Gasteiger partial charge on any atom is -0.310 e. The van der Waals surface area contributed by atoms with Gasteiger partial charge in [-0.2, -0.15) is 0 Å². The summed E-state index contributed by atoms with van der Waals surface area (Å²) in [6, 6.07) is 9.07. The number of carbonyl (C=O) groups excluding carboxylic acids is 1. The summed E-state index contributed by atoms with van der Waals surface area (Å²) >= 11 is 1.90. The zero-order chi connectivity index (χ0) is 17.2. The largest absolute Gasteiger partial charge is 0.310 e. The average Bonchev–Trinajstić information content (AvgIpc) is 2.84. The Bertz CT molecular complexity index is 623. The zero-order valence-corrected chi connectivity index (χ0v) is 16.0. The molecule has 5 heteroatoms. The van der Waals surface area contributed by atoms with Crippen LogP contribution in [0.5, 0.6) is 0 Å². The van der Waals surface area contributed by atoms with Crippen LogP contribution in [0.4, 0.5) is 5.69 Å². The molecule has 1 aromatic rings. The quantitative estimate of drug-likeness (QED) is 0.811. The van der Waals surface area contributed by atoms with Crippen LogP contribution in [0.1, 0.15) is 32.6 Å². The number of nitrogens with zero attached hydrogens (tertiary/aromatic N) is 3. The van der Waals surface area contributed by atoms with Crippen LogP contribution in [-0.4, -0.2) is 66.3 Å². The summed E-state index contributed by atoms with van der Waals surface area (Å²) in [6.45, 7) is 8.24. The van der Waals surface area contributed by atoms with Crippen molar-refractivity contribution in [3.05, 3.63) is 24.3 Å². The predicted molar refractivity (Wildman–Crippen MR) is 104 cm³/mol. The molecule has 25 heavy (non-hydrogen) atoms. The maximum atomic E-state index is 13.2. The van der Waals surface area contributed by atoms with Gasteiger partial charge in [-0.1, -0.05) is 19.1 Å². The first kappa shape index (κ1) is 17.4. The molecule has 3 heterocycles. The molecule has 0 unspecified atom stereocenters. The Balaban J connectivity index is 1.47. The van der Waals surface area contributed by atoms with Crippen LogP contribution in [0, 0.1) is 0 Å². The van der Waals surface area contributed by atoms with E-state index in [1.165, 1.54) is 37.2 Å². The van der Waals surface area contributed by atoms with Crippen molar-refractivity contribution >= 4 is 23.4 Å². The summed E-state index contributed by atoms with van der Waals surface area (Å²) in [4.78, 5) is 21.5. The molecule has 0 spiro atoms. The van der Waals surface area contributed by atoms with Crippen LogP contribution >= 0.6 is 11.8 Å². The lowest BCUT2D eigenvalue weighted by Crippen LogP contribution is -2.44. The molecule has 4 rings (SSSR count). The second kappa shape index (κ2) is 7.68. The van der Waals surface area contributed by atoms with E-state index < -0.39 is 0 Å². The topological polar surface area (TPSA) is 26.8 Å². The molecule has 1 aromatic carbocycles. The highest BCUT2D eigenvalue weighted by atomic mass is 32.2. The molecule has 2 saturated heterocycles. The summed E-state index contributed by atoms with van der Waals surface area (Å²) in [7, 11) is 0. The van der Waals surface area contributed by atoms with E-state index in [4.69, 9.17) is 0 Å². The van der Waals surface area contributed by atoms with Gasteiger partial charge in [-0.3, -0.25) is 14.6 Å². The van der Waals surface area contributed by atoms with Crippen LogP contribution < -0.4 is 4.90 Å². The van der Waals surface area contributed by atoms with E-state index >= 15 is 0 Å². The van der Waals surface area contributed by atoms with Crippen LogP contribution in [0.15, 0.2) is 29.2 Å². The van der Waals surface area contributed by atoms with E-state index in [-0.39, 0.29) is 5.91 Å². The van der Waals surface area contributed by atoms with E-state index in [0.29, 0.717) is 17.8 Å². The number of rotatable bonds is 2.